The Hall–Kier alpha value is -6.32. The van der Waals surface area contributed by atoms with Crippen LogP contribution < -0.4 is 4.90 Å². The van der Waals surface area contributed by atoms with E-state index in [0.717, 1.165) is 72.1 Å². The third-order valence-electron chi connectivity index (χ3n) is 9.41. The van der Waals surface area contributed by atoms with Crippen molar-refractivity contribution in [3.63, 3.8) is 0 Å². The van der Waals surface area contributed by atoms with Crippen LogP contribution in [0.5, 0.6) is 0 Å². The molecule has 2 aromatic heterocycles. The molecule has 0 unspecified atom stereocenters. The first kappa shape index (κ1) is 26.0. The standard InChI is InChI=1S/C44H27NO2/c1-2-11-32(12-3-1)45(33-21-18-29-25-38-36-15-7-9-17-40(36)46-43(38)27-31(29)24-33)39-16-8-6-13-34(39)30-19-22-37-42(26-30)47-41-23-20-28-10-4-5-14-35(28)44(37)41/h1-27H. The van der Waals surface area contributed by atoms with E-state index in [4.69, 9.17) is 8.83 Å². The summed E-state index contributed by atoms with van der Waals surface area (Å²) in [5.41, 5.74) is 9.06. The Balaban J connectivity index is 1.15. The van der Waals surface area contributed by atoms with Gasteiger partial charge in [-0.1, -0.05) is 97.1 Å². The van der Waals surface area contributed by atoms with Crippen LogP contribution in [-0.4, -0.2) is 0 Å². The van der Waals surface area contributed by atoms with Crippen molar-refractivity contribution in [2.75, 3.05) is 4.90 Å². The van der Waals surface area contributed by atoms with Crippen LogP contribution >= 0.6 is 0 Å². The fraction of sp³-hybridized carbons (Fsp3) is 0. The smallest absolute Gasteiger partial charge is 0.136 e. The molecule has 0 saturated heterocycles. The van der Waals surface area contributed by atoms with Crippen LogP contribution in [0.15, 0.2) is 173 Å². The molecule has 47 heavy (non-hydrogen) atoms. The monoisotopic (exact) mass is 601 g/mol. The molecule has 2 heterocycles. The lowest BCUT2D eigenvalue weighted by atomic mass is 9.98. The molecule has 0 saturated carbocycles. The van der Waals surface area contributed by atoms with Crippen molar-refractivity contribution in [2.24, 2.45) is 0 Å². The molecular weight excluding hydrogens is 574 g/mol. The van der Waals surface area contributed by atoms with Gasteiger partial charge in [-0.15, -0.1) is 0 Å². The van der Waals surface area contributed by atoms with Crippen molar-refractivity contribution in [2.45, 2.75) is 0 Å². The molecule has 3 heteroatoms. The number of benzene rings is 8. The van der Waals surface area contributed by atoms with Crippen molar-refractivity contribution in [1.82, 2.24) is 0 Å². The highest BCUT2D eigenvalue weighted by Crippen LogP contribution is 2.44. The van der Waals surface area contributed by atoms with Crippen LogP contribution in [0.3, 0.4) is 0 Å². The van der Waals surface area contributed by atoms with Crippen molar-refractivity contribution in [1.29, 1.82) is 0 Å². The zero-order valence-corrected chi connectivity index (χ0v) is 25.4. The number of para-hydroxylation sites is 3. The number of furan rings is 2. The lowest BCUT2D eigenvalue weighted by Gasteiger charge is -2.28. The molecule has 3 nitrogen and oxygen atoms in total. The number of nitrogens with zero attached hydrogens (tertiary/aromatic N) is 1. The van der Waals surface area contributed by atoms with Gasteiger partial charge in [-0.3, -0.25) is 0 Å². The summed E-state index contributed by atoms with van der Waals surface area (Å²) in [6.07, 6.45) is 0. The predicted molar refractivity (Wildman–Crippen MR) is 196 cm³/mol. The van der Waals surface area contributed by atoms with Gasteiger partial charge < -0.3 is 13.7 Å². The SMILES string of the molecule is c1ccc(N(c2ccc3cc4c(cc3c2)oc2ccccc24)c2ccccc2-c2ccc3c(c2)oc2ccc4ccccc4c23)cc1. The maximum atomic E-state index is 6.47. The van der Waals surface area contributed by atoms with Gasteiger partial charge in [0.25, 0.3) is 0 Å². The van der Waals surface area contributed by atoms with Gasteiger partial charge >= 0.3 is 0 Å². The number of hydrogen-bond donors (Lipinski definition) is 0. The lowest BCUT2D eigenvalue weighted by Crippen LogP contribution is -2.11. The molecule has 0 radical (unpaired) electrons. The largest absolute Gasteiger partial charge is 0.456 e. The highest BCUT2D eigenvalue weighted by Gasteiger charge is 2.19. The molecule has 0 bridgehead atoms. The molecule has 10 aromatic rings. The minimum atomic E-state index is 0.885. The average molecular weight is 602 g/mol. The fourth-order valence-corrected chi connectivity index (χ4v) is 7.23. The summed E-state index contributed by atoms with van der Waals surface area (Å²) in [6, 6.07) is 57.9. The summed E-state index contributed by atoms with van der Waals surface area (Å²) in [5, 5.41) is 9.31. The average Bonchev–Trinajstić information content (AvgIpc) is 3.69. The highest BCUT2D eigenvalue weighted by atomic mass is 16.3. The van der Waals surface area contributed by atoms with Gasteiger partial charge in [0.05, 0.1) is 5.69 Å². The van der Waals surface area contributed by atoms with Gasteiger partial charge in [0.1, 0.15) is 22.3 Å². The van der Waals surface area contributed by atoms with Gasteiger partial charge in [-0.25, -0.2) is 0 Å². The molecule has 0 N–H and O–H groups in total. The zero-order valence-electron chi connectivity index (χ0n) is 25.4. The first-order chi connectivity index (χ1) is 23.3. The molecule has 0 fully saturated rings. The third kappa shape index (κ3) is 4.07. The minimum absolute atomic E-state index is 0.885. The van der Waals surface area contributed by atoms with E-state index in [-0.39, 0.29) is 0 Å². The van der Waals surface area contributed by atoms with E-state index < -0.39 is 0 Å². The van der Waals surface area contributed by atoms with E-state index in [9.17, 15) is 0 Å². The van der Waals surface area contributed by atoms with Gasteiger partial charge in [0.15, 0.2) is 0 Å². The molecule has 8 aromatic carbocycles. The number of rotatable bonds is 4. The third-order valence-corrected chi connectivity index (χ3v) is 9.41. The normalized spacial score (nSPS) is 11.8. The second-order valence-corrected chi connectivity index (χ2v) is 12.1. The quantitative estimate of drug-likeness (QED) is 0.201. The van der Waals surface area contributed by atoms with Crippen molar-refractivity contribution in [3.05, 3.63) is 164 Å². The molecule has 10 rings (SSSR count). The van der Waals surface area contributed by atoms with Crippen molar-refractivity contribution >= 4 is 82.5 Å². The van der Waals surface area contributed by atoms with Gasteiger partial charge in [0.2, 0.25) is 0 Å². The zero-order chi connectivity index (χ0) is 30.9. The highest BCUT2D eigenvalue weighted by molar-refractivity contribution is 6.19. The summed E-state index contributed by atoms with van der Waals surface area (Å²) in [6.45, 7) is 0. The first-order valence-corrected chi connectivity index (χ1v) is 15.9. The summed E-state index contributed by atoms with van der Waals surface area (Å²) in [4.78, 5) is 2.34. The molecule has 0 amide bonds. The molecular formula is C44H27NO2. The molecule has 0 aliphatic carbocycles. The van der Waals surface area contributed by atoms with E-state index in [2.05, 4.69) is 157 Å². The Morgan fingerprint density at radius 3 is 2.04 bits per heavy atom. The predicted octanol–water partition coefficient (Wildman–Crippen LogP) is 12.9. The van der Waals surface area contributed by atoms with E-state index in [0.29, 0.717) is 0 Å². The van der Waals surface area contributed by atoms with Crippen molar-refractivity contribution < 1.29 is 8.83 Å². The van der Waals surface area contributed by atoms with E-state index in [1.54, 1.807) is 0 Å². The van der Waals surface area contributed by atoms with Crippen LogP contribution in [0.2, 0.25) is 0 Å². The van der Waals surface area contributed by atoms with Crippen molar-refractivity contribution in [3.8, 4) is 11.1 Å². The number of anilines is 3. The second-order valence-electron chi connectivity index (χ2n) is 12.1. The molecule has 0 spiro atoms. The van der Waals surface area contributed by atoms with E-state index in [1.165, 1.54) is 21.5 Å². The Kier molecular flexibility index (Phi) is 5.57. The second kappa shape index (κ2) is 10.1. The minimum Gasteiger partial charge on any atom is -0.456 e. The fourth-order valence-electron chi connectivity index (χ4n) is 7.23. The molecule has 0 atom stereocenters. The van der Waals surface area contributed by atoms with E-state index >= 15 is 0 Å². The van der Waals surface area contributed by atoms with Gasteiger partial charge in [0, 0.05) is 38.5 Å². The molecule has 220 valence electrons. The number of fused-ring (bicyclic) bond motifs is 9. The van der Waals surface area contributed by atoms with Crippen LogP contribution in [0.25, 0.3) is 76.5 Å². The Morgan fingerprint density at radius 2 is 1.11 bits per heavy atom. The Morgan fingerprint density at radius 1 is 0.362 bits per heavy atom. The maximum absolute atomic E-state index is 6.47. The first-order valence-electron chi connectivity index (χ1n) is 15.9. The van der Waals surface area contributed by atoms with Crippen LogP contribution in [0.1, 0.15) is 0 Å². The summed E-state index contributed by atoms with van der Waals surface area (Å²) in [5.74, 6) is 0. The van der Waals surface area contributed by atoms with E-state index in [1.807, 2.05) is 12.1 Å². The Labute approximate surface area is 270 Å². The van der Waals surface area contributed by atoms with Crippen LogP contribution in [0.4, 0.5) is 17.1 Å². The lowest BCUT2D eigenvalue weighted by molar-refractivity contribution is 0.669. The van der Waals surface area contributed by atoms with Gasteiger partial charge in [-0.2, -0.15) is 0 Å². The summed E-state index contributed by atoms with van der Waals surface area (Å²) >= 11 is 0. The van der Waals surface area contributed by atoms with Gasteiger partial charge in [-0.05, 0) is 93.8 Å². The topological polar surface area (TPSA) is 29.5 Å². The molecule has 0 aliphatic rings. The van der Waals surface area contributed by atoms with Crippen LogP contribution in [-0.2, 0) is 0 Å². The number of hydrogen-bond acceptors (Lipinski definition) is 3. The maximum Gasteiger partial charge on any atom is 0.136 e. The molecule has 0 aliphatic heterocycles. The Bertz CT molecular complexity index is 2810. The van der Waals surface area contributed by atoms with Crippen LogP contribution in [0, 0.1) is 0 Å². The summed E-state index contributed by atoms with van der Waals surface area (Å²) in [7, 11) is 0. The summed E-state index contributed by atoms with van der Waals surface area (Å²) < 4.78 is 12.7.